The molecule has 1 aromatic rings. The Labute approximate surface area is 106 Å². The van der Waals surface area contributed by atoms with Gasteiger partial charge in [-0.2, -0.15) is 0 Å². The van der Waals surface area contributed by atoms with Gasteiger partial charge >= 0.3 is 11.7 Å². The molecule has 0 aliphatic rings. The molecule has 1 heterocycles. The predicted octanol–water partition coefficient (Wildman–Crippen LogP) is 0.940. The molecule has 0 aliphatic carbocycles. The van der Waals surface area contributed by atoms with Crippen LogP contribution in [-0.2, 0) is 22.6 Å². The van der Waals surface area contributed by atoms with Crippen LogP contribution < -0.4 is 5.69 Å². The van der Waals surface area contributed by atoms with Gasteiger partial charge in [-0.3, -0.25) is 9.13 Å². The van der Waals surface area contributed by atoms with Crippen molar-refractivity contribution >= 4 is 5.97 Å². The number of imidazole rings is 1. The van der Waals surface area contributed by atoms with E-state index in [1.54, 1.807) is 23.9 Å². The van der Waals surface area contributed by atoms with Crippen molar-refractivity contribution in [3.8, 4) is 0 Å². The highest BCUT2D eigenvalue weighted by atomic mass is 16.5. The van der Waals surface area contributed by atoms with Gasteiger partial charge in [0.25, 0.3) is 0 Å². The first-order valence-electron chi connectivity index (χ1n) is 6.20. The molecule has 1 unspecified atom stereocenters. The number of carbonyl (C=O) groups is 1. The summed E-state index contributed by atoms with van der Waals surface area (Å²) in [4.78, 5) is 22.7. The van der Waals surface area contributed by atoms with Crippen LogP contribution in [0.15, 0.2) is 17.2 Å². The van der Waals surface area contributed by atoms with Gasteiger partial charge in [-0.05, 0) is 13.3 Å². The molecule has 6 heteroatoms. The lowest BCUT2D eigenvalue weighted by molar-refractivity contribution is -0.150. The van der Waals surface area contributed by atoms with Crippen LogP contribution in [0.5, 0.6) is 0 Å². The molecule has 0 fully saturated rings. The van der Waals surface area contributed by atoms with Gasteiger partial charge in [0.15, 0.2) is 6.10 Å². The number of carboxylic acid groups (broad SMARTS) is 1. The van der Waals surface area contributed by atoms with Crippen molar-refractivity contribution in [3.63, 3.8) is 0 Å². The molecule has 6 nitrogen and oxygen atoms in total. The molecule has 1 rings (SSSR count). The summed E-state index contributed by atoms with van der Waals surface area (Å²) in [6.45, 7) is 5.13. The van der Waals surface area contributed by atoms with Crippen LogP contribution in [0, 0.1) is 0 Å². The largest absolute Gasteiger partial charge is 0.479 e. The van der Waals surface area contributed by atoms with Crippen molar-refractivity contribution in [1.82, 2.24) is 9.13 Å². The Kier molecular flexibility index (Phi) is 5.64. The van der Waals surface area contributed by atoms with Crippen molar-refractivity contribution in [1.29, 1.82) is 0 Å². The molecule has 0 amide bonds. The lowest BCUT2D eigenvalue weighted by atomic mass is 10.2. The maximum atomic E-state index is 11.8. The zero-order valence-electron chi connectivity index (χ0n) is 10.8. The minimum Gasteiger partial charge on any atom is -0.479 e. The fraction of sp³-hybridized carbons (Fsp3) is 0.667. The average molecular weight is 256 g/mol. The van der Waals surface area contributed by atoms with Crippen LogP contribution in [0.3, 0.4) is 0 Å². The molecule has 18 heavy (non-hydrogen) atoms. The number of aliphatic carboxylic acids is 1. The first-order chi connectivity index (χ1) is 8.60. The quantitative estimate of drug-likeness (QED) is 0.751. The molecule has 102 valence electrons. The van der Waals surface area contributed by atoms with Gasteiger partial charge in [-0.25, -0.2) is 9.59 Å². The van der Waals surface area contributed by atoms with Gasteiger partial charge in [0, 0.05) is 38.5 Å². The zero-order valence-corrected chi connectivity index (χ0v) is 10.8. The molecule has 0 saturated carbocycles. The minimum absolute atomic E-state index is 0.0995. The first kappa shape index (κ1) is 14.5. The van der Waals surface area contributed by atoms with E-state index in [1.807, 2.05) is 6.92 Å². The van der Waals surface area contributed by atoms with Gasteiger partial charge in [-0.15, -0.1) is 0 Å². The third-order valence-corrected chi connectivity index (χ3v) is 2.66. The summed E-state index contributed by atoms with van der Waals surface area (Å²) in [5.41, 5.74) is -0.0995. The summed E-state index contributed by atoms with van der Waals surface area (Å²) < 4.78 is 8.24. The smallest absolute Gasteiger partial charge is 0.332 e. The first-order valence-corrected chi connectivity index (χ1v) is 6.20. The Balaban J connectivity index is 2.62. The highest BCUT2D eigenvalue weighted by Gasteiger charge is 2.17. The summed E-state index contributed by atoms with van der Waals surface area (Å²) in [7, 11) is 0. The zero-order chi connectivity index (χ0) is 13.5. The summed E-state index contributed by atoms with van der Waals surface area (Å²) in [6, 6.07) is 0. The average Bonchev–Trinajstić information content (AvgIpc) is 2.67. The number of ether oxygens (including phenoxy) is 1. The Hall–Kier alpha value is -1.56. The molecule has 1 atom stereocenters. The lowest BCUT2D eigenvalue weighted by Crippen LogP contribution is -2.29. The van der Waals surface area contributed by atoms with Crippen molar-refractivity contribution in [3.05, 3.63) is 22.9 Å². The summed E-state index contributed by atoms with van der Waals surface area (Å²) >= 11 is 0. The van der Waals surface area contributed by atoms with Crippen LogP contribution in [0.4, 0.5) is 0 Å². The topological polar surface area (TPSA) is 73.5 Å². The van der Waals surface area contributed by atoms with E-state index < -0.39 is 12.1 Å². The molecular formula is C12H20N2O4. The van der Waals surface area contributed by atoms with E-state index in [1.165, 1.54) is 4.57 Å². The van der Waals surface area contributed by atoms with Crippen LogP contribution in [0.25, 0.3) is 0 Å². The SMILES string of the molecule is CCCn1ccn(CCC(OCC)C(=O)O)c1=O. The Morgan fingerprint density at radius 1 is 1.33 bits per heavy atom. The van der Waals surface area contributed by atoms with E-state index in [4.69, 9.17) is 9.84 Å². The molecular weight excluding hydrogens is 236 g/mol. The Bertz CT molecular complexity index is 436. The molecule has 0 radical (unpaired) electrons. The van der Waals surface area contributed by atoms with Crippen LogP contribution in [0.2, 0.25) is 0 Å². The van der Waals surface area contributed by atoms with Crippen molar-refractivity contribution in [2.45, 2.75) is 45.9 Å². The molecule has 0 bridgehead atoms. The van der Waals surface area contributed by atoms with Crippen molar-refractivity contribution < 1.29 is 14.6 Å². The van der Waals surface area contributed by atoms with Gasteiger partial charge < -0.3 is 9.84 Å². The number of nitrogens with zero attached hydrogens (tertiary/aromatic N) is 2. The minimum atomic E-state index is -0.988. The Morgan fingerprint density at radius 2 is 1.94 bits per heavy atom. The van der Waals surface area contributed by atoms with Crippen molar-refractivity contribution in [2.75, 3.05) is 6.61 Å². The predicted molar refractivity (Wildman–Crippen MR) is 66.6 cm³/mol. The van der Waals surface area contributed by atoms with Gasteiger partial charge in [0.05, 0.1) is 0 Å². The number of carboxylic acids is 1. The maximum Gasteiger partial charge on any atom is 0.332 e. The number of hydrogen-bond acceptors (Lipinski definition) is 3. The normalized spacial score (nSPS) is 12.6. The van der Waals surface area contributed by atoms with Crippen LogP contribution >= 0.6 is 0 Å². The third kappa shape index (κ3) is 3.73. The standard InChI is InChI=1S/C12H20N2O4/c1-3-6-13-8-9-14(12(13)17)7-5-10(11(15)16)18-4-2/h8-10H,3-7H2,1-2H3,(H,15,16). The van der Waals surface area contributed by atoms with Crippen molar-refractivity contribution in [2.24, 2.45) is 0 Å². The van der Waals surface area contributed by atoms with E-state index in [0.717, 1.165) is 6.42 Å². The fourth-order valence-electron chi connectivity index (χ4n) is 1.77. The number of aryl methyl sites for hydroxylation is 2. The molecule has 0 aliphatic heterocycles. The van der Waals surface area contributed by atoms with E-state index in [9.17, 15) is 9.59 Å². The molecule has 0 aromatic carbocycles. The van der Waals surface area contributed by atoms with E-state index in [-0.39, 0.29) is 5.69 Å². The number of hydrogen-bond donors (Lipinski definition) is 1. The summed E-state index contributed by atoms with van der Waals surface area (Å²) in [5.74, 6) is -0.988. The van der Waals surface area contributed by atoms with E-state index in [0.29, 0.717) is 26.1 Å². The molecule has 1 N–H and O–H groups in total. The second-order valence-corrected chi connectivity index (χ2v) is 4.04. The Morgan fingerprint density at radius 3 is 2.44 bits per heavy atom. The monoisotopic (exact) mass is 256 g/mol. The van der Waals surface area contributed by atoms with E-state index in [2.05, 4.69) is 0 Å². The van der Waals surface area contributed by atoms with Gasteiger partial charge in [-0.1, -0.05) is 6.92 Å². The molecule has 0 spiro atoms. The number of aromatic nitrogens is 2. The highest BCUT2D eigenvalue weighted by Crippen LogP contribution is 2.01. The second-order valence-electron chi connectivity index (χ2n) is 4.04. The molecule has 0 saturated heterocycles. The maximum absolute atomic E-state index is 11.8. The summed E-state index contributed by atoms with van der Waals surface area (Å²) in [6.07, 6.45) is 3.74. The van der Waals surface area contributed by atoms with Crippen LogP contribution in [0.1, 0.15) is 26.7 Å². The number of rotatable bonds is 8. The molecule has 1 aromatic heterocycles. The summed E-state index contributed by atoms with van der Waals surface area (Å²) in [5, 5.41) is 8.92. The highest BCUT2D eigenvalue weighted by molar-refractivity contribution is 5.72. The second kappa shape index (κ2) is 7.00. The van der Waals surface area contributed by atoms with Gasteiger partial charge in [0.2, 0.25) is 0 Å². The van der Waals surface area contributed by atoms with Crippen LogP contribution in [-0.4, -0.2) is 32.9 Å². The third-order valence-electron chi connectivity index (χ3n) is 2.66. The van der Waals surface area contributed by atoms with Gasteiger partial charge in [0.1, 0.15) is 0 Å². The lowest BCUT2D eigenvalue weighted by Gasteiger charge is -2.11. The van der Waals surface area contributed by atoms with E-state index >= 15 is 0 Å². The fourth-order valence-corrected chi connectivity index (χ4v) is 1.77.